The molecule has 1 heterocycles. The van der Waals surface area contributed by atoms with E-state index in [0.29, 0.717) is 19.8 Å². The van der Waals surface area contributed by atoms with Gasteiger partial charge < -0.3 is 19.9 Å². The molecule has 0 aromatic heterocycles. The molecule has 5 nitrogen and oxygen atoms in total. The minimum Gasteiger partial charge on any atom is -0.494 e. The average Bonchev–Trinajstić information content (AvgIpc) is 2.26. The van der Waals surface area contributed by atoms with Gasteiger partial charge in [-0.2, -0.15) is 0 Å². The summed E-state index contributed by atoms with van der Waals surface area (Å²) < 4.78 is 10.0. The van der Waals surface area contributed by atoms with E-state index in [1.54, 1.807) is 0 Å². The van der Waals surface area contributed by atoms with Crippen LogP contribution in [0.4, 0.5) is 0 Å². The second-order valence-corrected chi connectivity index (χ2v) is 3.20. The highest BCUT2D eigenvalue weighted by Gasteiger charge is 2.14. The number of aliphatic hydroxyl groups is 1. The Labute approximate surface area is 82.7 Å². The van der Waals surface area contributed by atoms with Crippen LogP contribution < -0.4 is 5.32 Å². The Kier molecular flexibility index (Phi) is 4.25. The van der Waals surface area contributed by atoms with Crippen LogP contribution in [0.15, 0.2) is 12.0 Å². The summed E-state index contributed by atoms with van der Waals surface area (Å²) in [7, 11) is 0. The first-order valence-corrected chi connectivity index (χ1v) is 4.57. The Morgan fingerprint density at radius 2 is 2.50 bits per heavy atom. The van der Waals surface area contributed by atoms with Gasteiger partial charge in [0.15, 0.2) is 0 Å². The minimum atomic E-state index is -0.301. The van der Waals surface area contributed by atoms with E-state index in [0.717, 1.165) is 0 Å². The van der Waals surface area contributed by atoms with Crippen LogP contribution in [-0.2, 0) is 14.3 Å². The van der Waals surface area contributed by atoms with Gasteiger partial charge in [0.1, 0.15) is 19.5 Å². The van der Waals surface area contributed by atoms with Gasteiger partial charge in [-0.05, 0) is 5.92 Å². The largest absolute Gasteiger partial charge is 0.494 e. The summed E-state index contributed by atoms with van der Waals surface area (Å²) in [6.45, 7) is 3.19. The van der Waals surface area contributed by atoms with E-state index in [9.17, 15) is 4.79 Å². The molecule has 80 valence electrons. The Hall–Kier alpha value is -1.23. The van der Waals surface area contributed by atoms with Gasteiger partial charge in [-0.1, -0.05) is 6.92 Å². The summed E-state index contributed by atoms with van der Waals surface area (Å²) in [6.07, 6.45) is 1.31. The van der Waals surface area contributed by atoms with Crippen LogP contribution in [0, 0.1) is 5.92 Å². The maximum Gasteiger partial charge on any atom is 0.289 e. The third-order valence-corrected chi connectivity index (χ3v) is 1.80. The van der Waals surface area contributed by atoms with Gasteiger partial charge in [-0.15, -0.1) is 0 Å². The number of nitrogens with one attached hydrogen (secondary N) is 1. The Morgan fingerprint density at radius 1 is 1.71 bits per heavy atom. The van der Waals surface area contributed by atoms with Crippen LogP contribution in [0.1, 0.15) is 6.92 Å². The summed E-state index contributed by atoms with van der Waals surface area (Å²) in [5.74, 6) is -0.0598. The van der Waals surface area contributed by atoms with Gasteiger partial charge in [0.25, 0.3) is 5.91 Å². The van der Waals surface area contributed by atoms with Crippen molar-refractivity contribution in [2.45, 2.75) is 6.92 Å². The van der Waals surface area contributed by atoms with E-state index >= 15 is 0 Å². The van der Waals surface area contributed by atoms with E-state index in [1.807, 2.05) is 6.92 Å². The lowest BCUT2D eigenvalue weighted by Gasteiger charge is -2.16. The fraction of sp³-hybridized carbons (Fsp3) is 0.667. The zero-order chi connectivity index (χ0) is 10.4. The van der Waals surface area contributed by atoms with Crippen molar-refractivity contribution in [3.05, 3.63) is 12.0 Å². The number of hydrogen-bond donors (Lipinski definition) is 2. The molecule has 1 aliphatic heterocycles. The lowest BCUT2D eigenvalue weighted by Crippen LogP contribution is -2.32. The first-order valence-electron chi connectivity index (χ1n) is 4.57. The SMILES string of the molecule is CC(CO)CNC(=O)C1=COCCO1. The highest BCUT2D eigenvalue weighted by Crippen LogP contribution is 2.03. The van der Waals surface area contributed by atoms with Gasteiger partial charge >= 0.3 is 0 Å². The average molecular weight is 201 g/mol. The van der Waals surface area contributed by atoms with E-state index in [1.165, 1.54) is 6.26 Å². The van der Waals surface area contributed by atoms with Crippen molar-refractivity contribution in [3.8, 4) is 0 Å². The maximum atomic E-state index is 11.4. The molecule has 1 amide bonds. The van der Waals surface area contributed by atoms with E-state index < -0.39 is 0 Å². The van der Waals surface area contributed by atoms with Gasteiger partial charge in [0.05, 0.1) is 0 Å². The fourth-order valence-corrected chi connectivity index (χ4v) is 0.906. The number of rotatable bonds is 4. The summed E-state index contributed by atoms with van der Waals surface area (Å²) >= 11 is 0. The first kappa shape index (κ1) is 10.8. The molecule has 1 aliphatic rings. The monoisotopic (exact) mass is 201 g/mol. The van der Waals surface area contributed by atoms with Gasteiger partial charge in [-0.25, -0.2) is 0 Å². The summed E-state index contributed by atoms with van der Waals surface area (Å²) in [5.41, 5.74) is 0. The van der Waals surface area contributed by atoms with Gasteiger partial charge in [0, 0.05) is 13.2 Å². The number of hydrogen-bond acceptors (Lipinski definition) is 4. The minimum absolute atomic E-state index is 0.0454. The van der Waals surface area contributed by atoms with Gasteiger partial charge in [0.2, 0.25) is 5.76 Å². The Bertz CT molecular complexity index is 227. The molecule has 0 aliphatic carbocycles. The molecule has 1 rings (SSSR count). The van der Waals surface area contributed by atoms with Crippen LogP contribution in [0.25, 0.3) is 0 Å². The van der Waals surface area contributed by atoms with Crippen molar-refractivity contribution in [1.29, 1.82) is 0 Å². The third kappa shape index (κ3) is 3.26. The molecular formula is C9H15NO4. The molecule has 0 radical (unpaired) electrons. The molecule has 0 saturated heterocycles. The Balaban J connectivity index is 2.30. The fourth-order valence-electron chi connectivity index (χ4n) is 0.906. The van der Waals surface area contributed by atoms with Crippen molar-refractivity contribution in [2.75, 3.05) is 26.4 Å². The highest BCUT2D eigenvalue weighted by molar-refractivity contribution is 5.91. The molecule has 1 atom stereocenters. The quantitative estimate of drug-likeness (QED) is 0.650. The number of ether oxygens (including phenoxy) is 2. The van der Waals surface area contributed by atoms with Crippen LogP contribution in [0.5, 0.6) is 0 Å². The number of carbonyl (C=O) groups excluding carboxylic acids is 1. The third-order valence-electron chi connectivity index (χ3n) is 1.80. The molecule has 0 aromatic carbocycles. The van der Waals surface area contributed by atoms with Crippen LogP contribution in [0.2, 0.25) is 0 Å². The molecule has 0 fully saturated rings. The second-order valence-electron chi connectivity index (χ2n) is 3.20. The second kappa shape index (κ2) is 5.49. The molecule has 0 bridgehead atoms. The Morgan fingerprint density at radius 3 is 3.07 bits per heavy atom. The molecule has 5 heteroatoms. The maximum absolute atomic E-state index is 11.4. The lowest BCUT2D eigenvalue weighted by molar-refractivity contribution is -0.122. The van der Waals surface area contributed by atoms with Crippen LogP contribution in [-0.4, -0.2) is 37.4 Å². The van der Waals surface area contributed by atoms with Crippen molar-refractivity contribution in [3.63, 3.8) is 0 Å². The predicted octanol–water partition coefficient (Wildman–Crippen LogP) is -0.381. The topological polar surface area (TPSA) is 67.8 Å². The lowest BCUT2D eigenvalue weighted by atomic mass is 10.2. The van der Waals surface area contributed by atoms with E-state index in [4.69, 9.17) is 14.6 Å². The van der Waals surface area contributed by atoms with E-state index in [2.05, 4.69) is 5.32 Å². The van der Waals surface area contributed by atoms with Crippen LogP contribution >= 0.6 is 0 Å². The number of aliphatic hydroxyl groups excluding tert-OH is 1. The van der Waals surface area contributed by atoms with Gasteiger partial charge in [-0.3, -0.25) is 4.79 Å². The molecular weight excluding hydrogens is 186 g/mol. The summed E-state index contributed by atoms with van der Waals surface area (Å²) in [5, 5.41) is 11.4. The zero-order valence-electron chi connectivity index (χ0n) is 8.16. The predicted molar refractivity (Wildman–Crippen MR) is 49.2 cm³/mol. The summed E-state index contributed by atoms with van der Waals surface area (Å²) in [4.78, 5) is 11.4. The first-order chi connectivity index (χ1) is 6.74. The smallest absolute Gasteiger partial charge is 0.289 e. The molecule has 0 spiro atoms. The molecule has 1 unspecified atom stereocenters. The molecule has 0 saturated carbocycles. The molecule has 14 heavy (non-hydrogen) atoms. The van der Waals surface area contributed by atoms with Crippen molar-refractivity contribution < 1.29 is 19.4 Å². The number of amides is 1. The van der Waals surface area contributed by atoms with Crippen molar-refractivity contribution in [2.24, 2.45) is 5.92 Å². The van der Waals surface area contributed by atoms with Crippen LogP contribution in [0.3, 0.4) is 0 Å². The normalized spacial score (nSPS) is 17.4. The molecule has 2 N–H and O–H groups in total. The zero-order valence-corrected chi connectivity index (χ0v) is 8.16. The summed E-state index contributed by atoms with van der Waals surface area (Å²) in [6, 6.07) is 0. The van der Waals surface area contributed by atoms with Crippen molar-refractivity contribution >= 4 is 5.91 Å². The molecule has 0 aromatic rings. The number of carbonyl (C=O) groups is 1. The standard InChI is InChI=1S/C9H15NO4/c1-7(5-11)4-10-9(12)8-6-13-2-3-14-8/h6-7,11H,2-5H2,1H3,(H,10,12). The van der Waals surface area contributed by atoms with E-state index in [-0.39, 0.29) is 24.2 Å². The highest BCUT2D eigenvalue weighted by atomic mass is 16.6. The van der Waals surface area contributed by atoms with Crippen molar-refractivity contribution in [1.82, 2.24) is 5.32 Å².